The van der Waals surface area contributed by atoms with E-state index in [1.807, 2.05) is 18.2 Å². The van der Waals surface area contributed by atoms with Crippen molar-refractivity contribution in [1.29, 1.82) is 0 Å². The number of methoxy groups -OCH3 is 1. The summed E-state index contributed by atoms with van der Waals surface area (Å²) in [4.78, 5) is 26.8. The summed E-state index contributed by atoms with van der Waals surface area (Å²) in [6.07, 6.45) is 2.94. The molecule has 0 fully saturated rings. The molecule has 0 radical (unpaired) electrons. The quantitative estimate of drug-likeness (QED) is 0.811. The molecule has 1 aliphatic heterocycles. The highest BCUT2D eigenvalue weighted by molar-refractivity contribution is 7.15. The van der Waals surface area contributed by atoms with Gasteiger partial charge in [-0.1, -0.05) is 36.4 Å². The molecule has 23 heavy (non-hydrogen) atoms. The van der Waals surface area contributed by atoms with E-state index >= 15 is 0 Å². The van der Waals surface area contributed by atoms with Crippen LogP contribution in [0.15, 0.2) is 48.5 Å². The second-order valence-electron chi connectivity index (χ2n) is 5.25. The van der Waals surface area contributed by atoms with Gasteiger partial charge in [0, 0.05) is 13.1 Å². The van der Waals surface area contributed by atoms with Gasteiger partial charge in [0.05, 0.1) is 12.0 Å². The lowest BCUT2D eigenvalue weighted by Gasteiger charge is -2.26. The molecule has 0 aliphatic carbocycles. The Balaban J connectivity index is 1.69. The van der Waals surface area contributed by atoms with E-state index in [1.54, 1.807) is 17.0 Å². The zero-order valence-corrected chi connectivity index (χ0v) is 13.6. The Morgan fingerprint density at radius 2 is 1.83 bits per heavy atom. The minimum atomic E-state index is -0.404. The largest absolute Gasteiger partial charge is 0.465 e. The van der Waals surface area contributed by atoms with Crippen molar-refractivity contribution in [3.8, 4) is 0 Å². The first kappa shape index (κ1) is 15.5. The average Bonchev–Trinajstić information content (AvgIpc) is 3.11. The Hall–Kier alpha value is -2.40. The van der Waals surface area contributed by atoms with Crippen molar-refractivity contribution in [1.82, 2.24) is 4.90 Å². The number of hydrogen-bond donors (Lipinski definition) is 0. The predicted molar refractivity (Wildman–Crippen MR) is 90.6 cm³/mol. The fourth-order valence-electron chi connectivity index (χ4n) is 2.59. The molecule has 3 rings (SSSR count). The third kappa shape index (κ3) is 3.35. The fourth-order valence-corrected chi connectivity index (χ4v) is 3.48. The van der Waals surface area contributed by atoms with E-state index in [-0.39, 0.29) is 5.91 Å². The van der Waals surface area contributed by atoms with Crippen LogP contribution in [-0.4, -0.2) is 37.0 Å². The van der Waals surface area contributed by atoms with E-state index in [1.165, 1.54) is 29.6 Å². The van der Waals surface area contributed by atoms with Gasteiger partial charge >= 0.3 is 5.97 Å². The molecule has 2 heterocycles. The summed E-state index contributed by atoms with van der Waals surface area (Å²) in [7, 11) is 1.34. The third-order valence-corrected chi connectivity index (χ3v) is 4.90. The highest BCUT2D eigenvalue weighted by atomic mass is 32.1. The Morgan fingerprint density at radius 3 is 2.48 bits per heavy atom. The zero-order chi connectivity index (χ0) is 16.2. The van der Waals surface area contributed by atoms with Crippen LogP contribution in [0.1, 0.15) is 31.3 Å². The van der Waals surface area contributed by atoms with Crippen molar-refractivity contribution in [3.63, 3.8) is 0 Å². The maximum absolute atomic E-state index is 12.5. The lowest BCUT2D eigenvalue weighted by Crippen LogP contribution is -2.34. The first-order valence-electron chi connectivity index (χ1n) is 7.41. The molecule has 1 aliphatic rings. The van der Waals surface area contributed by atoms with Gasteiger partial charge in [-0.2, -0.15) is 0 Å². The van der Waals surface area contributed by atoms with E-state index in [4.69, 9.17) is 0 Å². The molecule has 1 aromatic heterocycles. The number of ether oxygens (including phenoxy) is 1. The normalized spacial score (nSPS) is 14.3. The first-order chi connectivity index (χ1) is 11.2. The molecule has 1 aromatic carbocycles. The Kier molecular flexibility index (Phi) is 4.57. The van der Waals surface area contributed by atoms with Gasteiger partial charge in [-0.15, -0.1) is 11.3 Å². The molecule has 2 aromatic rings. The highest BCUT2D eigenvalue weighted by Gasteiger charge is 2.21. The van der Waals surface area contributed by atoms with Crippen molar-refractivity contribution >= 4 is 28.8 Å². The van der Waals surface area contributed by atoms with Crippen molar-refractivity contribution in [3.05, 3.63) is 63.9 Å². The van der Waals surface area contributed by atoms with Crippen molar-refractivity contribution in [2.75, 3.05) is 20.2 Å². The summed E-state index contributed by atoms with van der Waals surface area (Å²) in [5, 5.41) is 0. The fraction of sp³-hybridized carbons (Fsp3) is 0.222. The molecule has 0 unspecified atom stereocenters. The van der Waals surface area contributed by atoms with Crippen LogP contribution in [-0.2, 0) is 4.74 Å². The molecule has 0 N–H and O–H groups in total. The topological polar surface area (TPSA) is 46.6 Å². The smallest absolute Gasteiger partial charge is 0.348 e. The summed E-state index contributed by atoms with van der Waals surface area (Å²) in [6.45, 7) is 1.28. The van der Waals surface area contributed by atoms with E-state index in [9.17, 15) is 9.59 Å². The minimum Gasteiger partial charge on any atom is -0.465 e. The van der Waals surface area contributed by atoms with Crippen LogP contribution >= 0.6 is 11.3 Å². The summed E-state index contributed by atoms with van der Waals surface area (Å²) in [5.41, 5.74) is 2.49. The van der Waals surface area contributed by atoms with E-state index in [2.05, 4.69) is 22.9 Å². The van der Waals surface area contributed by atoms with Gasteiger partial charge < -0.3 is 9.64 Å². The Morgan fingerprint density at radius 1 is 1.09 bits per heavy atom. The van der Waals surface area contributed by atoms with Crippen LogP contribution in [0.2, 0.25) is 0 Å². The van der Waals surface area contributed by atoms with Gasteiger partial charge in [0.1, 0.15) is 4.88 Å². The van der Waals surface area contributed by atoms with E-state index < -0.39 is 5.97 Å². The van der Waals surface area contributed by atoms with Crippen molar-refractivity contribution in [2.45, 2.75) is 6.42 Å². The zero-order valence-electron chi connectivity index (χ0n) is 12.8. The predicted octanol–water partition coefficient (Wildman–Crippen LogP) is 3.46. The van der Waals surface area contributed by atoms with Crippen LogP contribution < -0.4 is 0 Å². The van der Waals surface area contributed by atoms with Crippen LogP contribution in [0, 0.1) is 0 Å². The lowest BCUT2D eigenvalue weighted by atomic mass is 9.99. The highest BCUT2D eigenvalue weighted by Crippen LogP contribution is 2.25. The number of amides is 1. The maximum Gasteiger partial charge on any atom is 0.348 e. The molecule has 0 bridgehead atoms. The van der Waals surface area contributed by atoms with Crippen LogP contribution in [0.3, 0.4) is 0 Å². The third-order valence-electron chi connectivity index (χ3n) is 3.84. The van der Waals surface area contributed by atoms with Gasteiger partial charge in [-0.25, -0.2) is 4.79 Å². The number of nitrogens with zero attached hydrogens (tertiary/aromatic N) is 1. The van der Waals surface area contributed by atoms with Crippen LogP contribution in [0.5, 0.6) is 0 Å². The molecule has 1 amide bonds. The number of rotatable bonds is 3. The maximum atomic E-state index is 12.5. The number of thiophene rings is 1. The van der Waals surface area contributed by atoms with Gasteiger partial charge in [-0.05, 0) is 29.7 Å². The molecule has 4 nitrogen and oxygen atoms in total. The van der Waals surface area contributed by atoms with Crippen molar-refractivity contribution < 1.29 is 14.3 Å². The van der Waals surface area contributed by atoms with Crippen LogP contribution in [0.25, 0.3) is 5.57 Å². The van der Waals surface area contributed by atoms with E-state index in [0.29, 0.717) is 22.8 Å². The summed E-state index contributed by atoms with van der Waals surface area (Å²) >= 11 is 1.18. The molecule has 0 saturated heterocycles. The number of carbonyl (C=O) groups is 2. The number of benzene rings is 1. The lowest BCUT2D eigenvalue weighted by molar-refractivity contribution is 0.0606. The Bertz CT molecular complexity index is 749. The minimum absolute atomic E-state index is 0.0338. The standard InChI is InChI=1S/C18H17NO3S/c1-22-18(21)16-8-7-15(23-16)17(20)19-11-9-14(10-12-19)13-5-3-2-4-6-13/h2-9H,10-12H2,1H3. The molecular formula is C18H17NO3S. The monoisotopic (exact) mass is 327 g/mol. The van der Waals surface area contributed by atoms with Gasteiger partial charge in [0.25, 0.3) is 5.91 Å². The molecule has 0 atom stereocenters. The second-order valence-corrected chi connectivity index (χ2v) is 6.34. The van der Waals surface area contributed by atoms with E-state index in [0.717, 1.165) is 6.42 Å². The summed E-state index contributed by atoms with van der Waals surface area (Å²) in [5.74, 6) is -0.438. The SMILES string of the molecule is COC(=O)c1ccc(C(=O)N2CC=C(c3ccccc3)CC2)s1. The van der Waals surface area contributed by atoms with Crippen molar-refractivity contribution in [2.24, 2.45) is 0 Å². The molecular weight excluding hydrogens is 310 g/mol. The summed E-state index contributed by atoms with van der Waals surface area (Å²) in [6, 6.07) is 13.5. The number of esters is 1. The second kappa shape index (κ2) is 6.79. The molecule has 0 spiro atoms. The summed E-state index contributed by atoms with van der Waals surface area (Å²) < 4.78 is 4.67. The average molecular weight is 327 g/mol. The number of carbonyl (C=O) groups excluding carboxylic acids is 2. The van der Waals surface area contributed by atoms with Crippen LogP contribution in [0.4, 0.5) is 0 Å². The first-order valence-corrected chi connectivity index (χ1v) is 8.22. The molecule has 5 heteroatoms. The Labute approximate surface area is 139 Å². The number of hydrogen-bond acceptors (Lipinski definition) is 4. The molecule has 118 valence electrons. The van der Waals surface area contributed by atoms with Gasteiger partial charge in [0.2, 0.25) is 0 Å². The van der Waals surface area contributed by atoms with Gasteiger partial charge in [-0.3, -0.25) is 4.79 Å². The molecule has 0 saturated carbocycles. The van der Waals surface area contributed by atoms with Gasteiger partial charge in [0.15, 0.2) is 0 Å².